The maximum Gasteiger partial charge on any atom is 0.314 e. The van der Waals surface area contributed by atoms with Gasteiger partial charge in [0.25, 0.3) is 0 Å². The van der Waals surface area contributed by atoms with Crippen molar-refractivity contribution >= 4 is 35.8 Å². The number of carbonyl (C=O) groups excluding carboxylic acids is 6. The van der Waals surface area contributed by atoms with Crippen LogP contribution in [-0.4, -0.2) is 106 Å². The molecule has 0 unspecified atom stereocenters. The molecule has 2 aromatic carbocycles. The molecule has 16 rings (SSSR count). The fraction of sp³-hybridized carbons (Fsp3) is 0.614. The van der Waals surface area contributed by atoms with Crippen molar-refractivity contribution < 1.29 is 67.0 Å². The highest BCUT2D eigenvalue weighted by atomic mass is 16.6. The molecular weight excluding hydrogens is 937 g/mol. The number of piperidine rings is 2. The fourth-order valence-electron chi connectivity index (χ4n) is 14.4. The Hall–Kier alpha value is -5.74. The van der Waals surface area contributed by atoms with E-state index in [9.17, 15) is 33.9 Å². The van der Waals surface area contributed by atoms with Crippen molar-refractivity contribution in [2.75, 3.05) is 20.1 Å². The minimum atomic E-state index is -1.27. The highest BCUT2D eigenvalue weighted by molar-refractivity contribution is 5.84. The van der Waals surface area contributed by atoms with Crippen molar-refractivity contribution in [2.45, 2.75) is 162 Å². The number of nitrogens with zero attached hydrogens (tertiary/aromatic N) is 2. The van der Waals surface area contributed by atoms with Crippen molar-refractivity contribution in [3.05, 3.63) is 70.2 Å². The summed E-state index contributed by atoms with van der Waals surface area (Å²) in [6, 6.07) is 7.17. The highest BCUT2D eigenvalue weighted by Crippen LogP contribution is 2.69. The Bertz CT molecular complexity index is 2920. The Kier molecular flexibility index (Phi) is 9.45. The van der Waals surface area contributed by atoms with E-state index in [0.717, 1.165) is 106 Å². The average Bonchev–Trinajstić information content (AvgIpc) is 4.20. The molecular formula is C57H60N2O14. The molecule has 1 amide bonds. The monoisotopic (exact) mass is 996 g/mol. The number of aliphatic hydroxyl groups is 1. The van der Waals surface area contributed by atoms with Crippen LogP contribution >= 0.6 is 0 Å². The molecule has 0 radical (unpaired) electrons. The van der Waals surface area contributed by atoms with Crippen LogP contribution in [0.4, 0.5) is 0 Å². The van der Waals surface area contributed by atoms with E-state index in [0.29, 0.717) is 73.2 Å². The molecule has 2 spiro atoms. The summed E-state index contributed by atoms with van der Waals surface area (Å²) in [5, 5.41) is 12.5. The summed E-state index contributed by atoms with van der Waals surface area (Å²) < 4.78 is 43.5. The lowest BCUT2D eigenvalue weighted by molar-refractivity contribution is -0.207. The van der Waals surface area contributed by atoms with Crippen molar-refractivity contribution in [1.29, 1.82) is 0 Å². The first kappa shape index (κ1) is 44.7. The predicted molar refractivity (Wildman–Crippen MR) is 253 cm³/mol. The van der Waals surface area contributed by atoms with Crippen molar-refractivity contribution in [1.82, 2.24) is 9.80 Å². The van der Waals surface area contributed by atoms with Gasteiger partial charge in [-0.1, -0.05) is 12.1 Å². The number of likely N-dealkylation sites (N-methyl/N-ethyl adjacent to an activating group) is 1. The third kappa shape index (κ3) is 6.49. The van der Waals surface area contributed by atoms with Crippen LogP contribution in [0.15, 0.2) is 47.9 Å². The number of rotatable bonds is 11. The van der Waals surface area contributed by atoms with E-state index >= 15 is 0 Å². The van der Waals surface area contributed by atoms with E-state index in [1.54, 1.807) is 12.1 Å². The lowest BCUT2D eigenvalue weighted by Crippen LogP contribution is -2.75. The molecule has 4 bridgehead atoms. The van der Waals surface area contributed by atoms with Crippen LogP contribution in [0.1, 0.15) is 125 Å². The van der Waals surface area contributed by atoms with Gasteiger partial charge in [-0.25, -0.2) is 0 Å². The summed E-state index contributed by atoms with van der Waals surface area (Å²) in [7, 11) is 2.10. The van der Waals surface area contributed by atoms with E-state index < -0.39 is 34.2 Å². The minimum Gasteiger partial charge on any atom is -0.477 e. The van der Waals surface area contributed by atoms with E-state index in [2.05, 4.69) is 11.9 Å². The molecule has 14 aliphatic rings. The molecule has 2 aromatic rings. The number of benzene rings is 2. The Morgan fingerprint density at radius 3 is 1.53 bits per heavy atom. The number of carbonyl (C=O) groups is 6. The SMILES string of the molecule is CN1CC[C@]23c4c5ccc(OC(=O)C6CC6)c4O[C@H]2C(OC(=O)C2CC2)=CC[C@@]3(OC(=O)C2CC2)[C@H]1C5.O=C(OC1=CC[C@@]2(O)[C@H]3Cc4ccc(OC(=O)C5CC5)c5c4[C@@]2(CCN3C(=O)C2CC2)[C@H]1O5)C1CC1. The van der Waals surface area contributed by atoms with Gasteiger partial charge in [0.1, 0.15) is 22.7 Å². The lowest BCUT2D eigenvalue weighted by Gasteiger charge is -2.62. The van der Waals surface area contributed by atoms with Gasteiger partial charge in [-0.2, -0.15) is 0 Å². The summed E-state index contributed by atoms with van der Waals surface area (Å²) in [6.07, 6.45) is 15.8. The van der Waals surface area contributed by atoms with E-state index in [1.165, 1.54) is 0 Å². The van der Waals surface area contributed by atoms with Crippen molar-refractivity contribution in [2.24, 2.45) is 35.5 Å². The van der Waals surface area contributed by atoms with Crippen LogP contribution in [-0.2, 0) is 66.6 Å². The van der Waals surface area contributed by atoms with Crippen LogP contribution in [0.3, 0.4) is 0 Å². The van der Waals surface area contributed by atoms with Gasteiger partial charge in [-0.05, 0) is 152 Å². The third-order valence-corrected chi connectivity index (χ3v) is 19.3. The van der Waals surface area contributed by atoms with E-state index in [-0.39, 0.29) is 89.8 Å². The molecule has 73 heavy (non-hydrogen) atoms. The molecule has 6 saturated carbocycles. The first-order valence-corrected chi connectivity index (χ1v) is 27.2. The smallest absolute Gasteiger partial charge is 0.314 e. The van der Waals surface area contributed by atoms with E-state index in [4.69, 9.17) is 33.2 Å². The van der Waals surface area contributed by atoms with Crippen LogP contribution in [0.25, 0.3) is 0 Å². The molecule has 2 saturated heterocycles. The first-order valence-electron chi connectivity index (χ1n) is 27.2. The summed E-state index contributed by atoms with van der Waals surface area (Å²) in [4.78, 5) is 81.4. The van der Waals surface area contributed by atoms with E-state index in [1.807, 2.05) is 29.2 Å². The topological polar surface area (TPSA) is 194 Å². The molecule has 382 valence electrons. The zero-order chi connectivity index (χ0) is 49.5. The molecule has 16 nitrogen and oxygen atoms in total. The van der Waals surface area contributed by atoms with Crippen LogP contribution in [0, 0.1) is 35.5 Å². The summed E-state index contributed by atoms with van der Waals surface area (Å²) >= 11 is 0. The maximum atomic E-state index is 13.3. The standard InChI is InChI=1S/C29H31NO7.C28H29NO7/c1-30-13-12-28-22-18-8-9-19(34-25(31)15-2-3-15)23(22)36-24(28)20(35-26(32)16-4-5-16)10-11-29(28,21(30)14-18)37-27(33)17-6-7-17;30-24(14-1-2-14)29-12-11-27-21-17-7-8-18(34-25(31)15-3-4-15)22(21)36-23(27)19(35-26(32)16-5-6-16)9-10-28(27,33)20(29)13-17/h8-10,15-17,21,24H,2-7,11-14H2,1H3;7-9,14-16,20,23,33H,1-6,10-13H2/t21-,24+,28+,29-;20-,23+,27+,28-/m11/s1. The fourth-order valence-corrected chi connectivity index (χ4v) is 14.4. The van der Waals surface area contributed by atoms with Gasteiger partial charge in [-0.15, -0.1) is 0 Å². The number of hydrogen-bond donors (Lipinski definition) is 1. The summed E-state index contributed by atoms with van der Waals surface area (Å²) in [6.45, 7) is 1.30. The quantitative estimate of drug-likeness (QED) is 0.163. The first-order chi connectivity index (χ1) is 35.3. The molecule has 8 fully saturated rings. The van der Waals surface area contributed by atoms with Gasteiger partial charge in [0.05, 0.1) is 52.5 Å². The normalized spacial score (nSPS) is 35.2. The number of amides is 1. The Balaban J connectivity index is 0.000000130. The van der Waals surface area contributed by atoms with Crippen LogP contribution < -0.4 is 18.9 Å². The molecule has 0 aromatic heterocycles. The third-order valence-electron chi connectivity index (χ3n) is 19.3. The van der Waals surface area contributed by atoms with Gasteiger partial charge in [-0.3, -0.25) is 33.7 Å². The zero-order valence-corrected chi connectivity index (χ0v) is 41.0. The lowest BCUT2D eigenvalue weighted by atomic mass is 9.50. The van der Waals surface area contributed by atoms with Gasteiger partial charge in [0.15, 0.2) is 35.2 Å². The van der Waals surface area contributed by atoms with Crippen LogP contribution in [0.5, 0.6) is 23.0 Å². The Labute approximate surface area is 422 Å². The maximum absolute atomic E-state index is 13.3. The molecule has 4 heterocycles. The van der Waals surface area contributed by atoms with Crippen molar-refractivity contribution in [3.63, 3.8) is 0 Å². The molecule has 1 N–H and O–H groups in total. The van der Waals surface area contributed by atoms with Gasteiger partial charge in [0.2, 0.25) is 5.91 Å². The number of ether oxygens (including phenoxy) is 7. The number of likely N-dealkylation sites (tertiary alicyclic amines) is 2. The molecule has 8 atom stereocenters. The van der Waals surface area contributed by atoms with Gasteiger partial charge >= 0.3 is 29.8 Å². The minimum absolute atomic E-state index is 0.0368. The molecule has 10 aliphatic carbocycles. The second-order valence-electron chi connectivity index (χ2n) is 23.9. The van der Waals surface area contributed by atoms with Crippen molar-refractivity contribution in [3.8, 4) is 23.0 Å². The number of esters is 5. The molecule has 4 aliphatic heterocycles. The number of hydrogen-bond acceptors (Lipinski definition) is 15. The predicted octanol–water partition coefficient (Wildman–Crippen LogP) is 5.73. The second-order valence-corrected chi connectivity index (χ2v) is 23.9. The molecule has 16 heteroatoms. The Morgan fingerprint density at radius 2 is 1.00 bits per heavy atom. The summed E-state index contributed by atoms with van der Waals surface area (Å²) in [5.41, 5.74) is 0.234. The summed E-state index contributed by atoms with van der Waals surface area (Å²) in [5.74, 6) is 1.54. The largest absolute Gasteiger partial charge is 0.477 e. The van der Waals surface area contributed by atoms with Gasteiger partial charge < -0.3 is 43.2 Å². The highest BCUT2D eigenvalue weighted by Gasteiger charge is 2.76. The zero-order valence-electron chi connectivity index (χ0n) is 41.0. The Morgan fingerprint density at radius 1 is 0.548 bits per heavy atom. The average molecular weight is 997 g/mol. The van der Waals surface area contributed by atoms with Crippen LogP contribution in [0.2, 0.25) is 0 Å². The second kappa shape index (κ2) is 15.4. The van der Waals surface area contributed by atoms with Gasteiger partial charge in [0, 0.05) is 36.4 Å².